The van der Waals surface area contributed by atoms with Gasteiger partial charge in [-0.05, 0) is 20.8 Å². The van der Waals surface area contributed by atoms with Crippen LogP contribution in [0.4, 0.5) is 0 Å². The van der Waals surface area contributed by atoms with Crippen molar-refractivity contribution in [2.45, 2.75) is 79.7 Å². The molecule has 1 rings (SSSR count). The van der Waals surface area contributed by atoms with E-state index in [0.717, 1.165) is 5.19 Å². The largest absolute Gasteiger partial charge is 0.494 e. The SMILES string of the molecule is CCOC(=C([Si](C)(C)C)[Si](C)(C)C)c1c(OCC)c([Si](C)(C)C)c(OCC)oc1=O. The first-order valence-electron chi connectivity index (χ1n) is 11.0. The third-order valence-corrected chi connectivity index (χ3v) is 14.5. The summed E-state index contributed by atoms with van der Waals surface area (Å²) in [6, 6.07) is 0. The van der Waals surface area contributed by atoms with Crippen LogP contribution >= 0.6 is 0 Å². The van der Waals surface area contributed by atoms with Gasteiger partial charge in [0, 0.05) is 0 Å². The van der Waals surface area contributed by atoms with Crippen molar-refractivity contribution in [2.24, 2.45) is 0 Å². The van der Waals surface area contributed by atoms with Gasteiger partial charge in [0.25, 0.3) is 5.95 Å². The Morgan fingerprint density at radius 3 is 1.67 bits per heavy atom. The molecule has 8 heteroatoms. The summed E-state index contributed by atoms with van der Waals surface area (Å²) in [4.78, 5) is 14.7. The van der Waals surface area contributed by atoms with E-state index >= 15 is 0 Å². The Labute approximate surface area is 185 Å². The number of ether oxygens (including phenoxy) is 3. The highest BCUT2D eigenvalue weighted by molar-refractivity contribution is 7.05. The first-order chi connectivity index (χ1) is 13.6. The van der Waals surface area contributed by atoms with Crippen LogP contribution in [0.2, 0.25) is 58.9 Å². The summed E-state index contributed by atoms with van der Waals surface area (Å²) < 4.78 is 24.0. The van der Waals surface area contributed by atoms with Crippen LogP contribution in [0.3, 0.4) is 0 Å². The van der Waals surface area contributed by atoms with E-state index in [0.29, 0.717) is 42.8 Å². The molecule has 172 valence electrons. The maximum Gasteiger partial charge on any atom is 0.353 e. The molecule has 5 nitrogen and oxygen atoms in total. The van der Waals surface area contributed by atoms with Crippen molar-refractivity contribution in [1.82, 2.24) is 0 Å². The summed E-state index contributed by atoms with van der Waals surface area (Å²) in [5.74, 6) is 1.58. The second-order valence-electron chi connectivity index (χ2n) is 10.5. The van der Waals surface area contributed by atoms with Crippen molar-refractivity contribution < 1.29 is 18.6 Å². The molecule has 30 heavy (non-hydrogen) atoms. The van der Waals surface area contributed by atoms with E-state index in [9.17, 15) is 4.79 Å². The van der Waals surface area contributed by atoms with Crippen LogP contribution in [0.15, 0.2) is 14.0 Å². The Bertz CT molecular complexity index is 805. The highest BCUT2D eigenvalue weighted by atomic mass is 28.4. The lowest BCUT2D eigenvalue weighted by atomic mass is 10.2. The molecule has 0 radical (unpaired) electrons. The first kappa shape index (κ1) is 26.8. The van der Waals surface area contributed by atoms with Crippen molar-refractivity contribution in [3.8, 4) is 11.7 Å². The monoisotopic (exact) mass is 470 g/mol. The lowest BCUT2D eigenvalue weighted by Crippen LogP contribution is -2.44. The van der Waals surface area contributed by atoms with Crippen LogP contribution in [-0.2, 0) is 4.74 Å². The van der Waals surface area contributed by atoms with E-state index in [4.69, 9.17) is 18.6 Å². The molecule has 0 aromatic carbocycles. The molecular formula is C22H42O5Si3. The fourth-order valence-electron chi connectivity index (χ4n) is 4.08. The van der Waals surface area contributed by atoms with Crippen molar-refractivity contribution in [3.63, 3.8) is 0 Å². The molecule has 1 aromatic rings. The molecule has 0 atom stereocenters. The average molecular weight is 471 g/mol. The van der Waals surface area contributed by atoms with Gasteiger partial charge in [-0.15, -0.1) is 0 Å². The second-order valence-corrected chi connectivity index (χ2v) is 26.0. The van der Waals surface area contributed by atoms with Gasteiger partial charge in [0.1, 0.15) is 17.1 Å². The Hall–Kier alpha value is -1.26. The maximum absolute atomic E-state index is 13.4. The van der Waals surface area contributed by atoms with Crippen LogP contribution in [0.25, 0.3) is 5.76 Å². The molecule has 0 amide bonds. The van der Waals surface area contributed by atoms with E-state index in [1.165, 1.54) is 4.82 Å². The molecule has 0 bridgehead atoms. The summed E-state index contributed by atoms with van der Waals surface area (Å²) in [7, 11) is -5.60. The van der Waals surface area contributed by atoms with Gasteiger partial charge in [-0.1, -0.05) is 63.7 Å². The fraction of sp³-hybridized carbons (Fsp3) is 0.682. The van der Waals surface area contributed by atoms with E-state index in [-0.39, 0.29) is 0 Å². The molecule has 0 aliphatic carbocycles. The fourth-order valence-corrected chi connectivity index (χ4v) is 16.5. The van der Waals surface area contributed by atoms with Crippen LogP contribution in [-0.4, -0.2) is 44.0 Å². The average Bonchev–Trinajstić information content (AvgIpc) is 2.51. The van der Waals surface area contributed by atoms with Crippen molar-refractivity contribution >= 4 is 35.2 Å². The molecule has 1 aromatic heterocycles. The minimum Gasteiger partial charge on any atom is -0.494 e. The van der Waals surface area contributed by atoms with Gasteiger partial charge >= 0.3 is 5.63 Å². The van der Waals surface area contributed by atoms with Gasteiger partial charge in [0.2, 0.25) is 0 Å². The minimum atomic E-state index is -1.98. The molecular weight excluding hydrogens is 428 g/mol. The zero-order valence-electron chi connectivity index (χ0n) is 21.2. The summed E-state index contributed by atoms with van der Waals surface area (Å²) in [6.45, 7) is 27.7. The van der Waals surface area contributed by atoms with Gasteiger partial charge < -0.3 is 18.6 Å². The lowest BCUT2D eigenvalue weighted by molar-refractivity contribution is 0.238. The third-order valence-electron chi connectivity index (χ3n) is 4.60. The minimum absolute atomic E-state index is 0.298. The topological polar surface area (TPSA) is 57.9 Å². The van der Waals surface area contributed by atoms with E-state index in [1.807, 2.05) is 20.8 Å². The molecule has 0 spiro atoms. The molecule has 0 unspecified atom stereocenters. The Morgan fingerprint density at radius 1 is 0.800 bits per heavy atom. The lowest BCUT2D eigenvalue weighted by Gasteiger charge is -2.34. The van der Waals surface area contributed by atoms with Crippen molar-refractivity contribution in [3.05, 3.63) is 20.8 Å². The summed E-state index contributed by atoms with van der Waals surface area (Å²) in [5, 5.41) is 0.906. The molecule has 0 fully saturated rings. The molecule has 0 N–H and O–H groups in total. The predicted molar refractivity (Wildman–Crippen MR) is 136 cm³/mol. The predicted octanol–water partition coefficient (Wildman–Crippen LogP) is 5.48. The van der Waals surface area contributed by atoms with Gasteiger partial charge in [0.15, 0.2) is 0 Å². The van der Waals surface area contributed by atoms with E-state index in [1.54, 1.807) is 0 Å². The number of hydrogen-bond acceptors (Lipinski definition) is 5. The van der Waals surface area contributed by atoms with Gasteiger partial charge in [-0.25, -0.2) is 4.79 Å². The molecule has 0 saturated heterocycles. The molecule has 0 saturated carbocycles. The molecule has 0 aliphatic rings. The Morgan fingerprint density at radius 2 is 1.30 bits per heavy atom. The standard InChI is InChI=1S/C22H42O5Si3/c1-13-24-17-16(18(25-14-2)22(29(7,8)9)30(10,11)12)20(23)27-21(26-15-3)19(17)28(4,5)6/h13-15H2,1-12H3. The molecule has 1 heterocycles. The first-order valence-corrected chi connectivity index (χ1v) is 21.5. The van der Waals surface area contributed by atoms with Gasteiger partial charge in [-0.2, -0.15) is 0 Å². The highest BCUT2D eigenvalue weighted by Crippen LogP contribution is 2.37. The Balaban J connectivity index is 4.28. The van der Waals surface area contributed by atoms with Crippen LogP contribution < -0.4 is 20.3 Å². The van der Waals surface area contributed by atoms with Crippen LogP contribution in [0, 0.1) is 0 Å². The van der Waals surface area contributed by atoms with Gasteiger partial charge in [0.05, 0.1) is 49.2 Å². The maximum atomic E-state index is 13.4. The number of rotatable bonds is 10. The normalized spacial score (nSPS) is 12.5. The third kappa shape index (κ3) is 6.13. The van der Waals surface area contributed by atoms with Crippen LogP contribution in [0.1, 0.15) is 26.3 Å². The summed E-state index contributed by atoms with van der Waals surface area (Å²) in [5.41, 5.74) is 0.000720. The zero-order chi connectivity index (χ0) is 23.5. The number of hydrogen-bond donors (Lipinski definition) is 0. The molecule has 0 aliphatic heterocycles. The Kier molecular flexibility index (Phi) is 8.84. The van der Waals surface area contributed by atoms with Gasteiger partial charge in [-0.3, -0.25) is 0 Å². The highest BCUT2D eigenvalue weighted by Gasteiger charge is 2.40. The van der Waals surface area contributed by atoms with E-state index in [2.05, 4.69) is 58.9 Å². The smallest absolute Gasteiger partial charge is 0.353 e. The van der Waals surface area contributed by atoms with E-state index < -0.39 is 29.8 Å². The van der Waals surface area contributed by atoms with Crippen molar-refractivity contribution in [1.29, 1.82) is 0 Å². The summed E-state index contributed by atoms with van der Waals surface area (Å²) >= 11 is 0. The summed E-state index contributed by atoms with van der Waals surface area (Å²) in [6.07, 6.45) is 0. The van der Waals surface area contributed by atoms with Crippen molar-refractivity contribution in [2.75, 3.05) is 19.8 Å². The quantitative estimate of drug-likeness (QED) is 0.334. The zero-order valence-corrected chi connectivity index (χ0v) is 24.2. The van der Waals surface area contributed by atoms with Crippen LogP contribution in [0.5, 0.6) is 11.7 Å². The second kappa shape index (κ2) is 9.91.